The lowest BCUT2D eigenvalue weighted by Gasteiger charge is -2.10. The topological polar surface area (TPSA) is 94.3 Å². The number of anilines is 1. The first kappa shape index (κ1) is 19.7. The second-order valence-corrected chi connectivity index (χ2v) is 6.66. The number of carbonyl (C=O) groups is 2. The first-order valence-corrected chi connectivity index (χ1v) is 8.92. The van der Waals surface area contributed by atoms with Gasteiger partial charge in [0.2, 0.25) is 5.91 Å². The molecule has 0 radical (unpaired) electrons. The van der Waals surface area contributed by atoms with E-state index in [-0.39, 0.29) is 18.1 Å². The number of halogens is 2. The van der Waals surface area contributed by atoms with E-state index in [9.17, 15) is 9.59 Å². The molecule has 0 fully saturated rings. The molecule has 3 N–H and O–H groups in total. The van der Waals surface area contributed by atoms with Gasteiger partial charge in [-0.1, -0.05) is 35.3 Å². The number of hydrogen-bond acceptors (Lipinski definition) is 4. The Labute approximate surface area is 171 Å². The molecule has 1 aromatic heterocycles. The molecular weight excluding hydrogens is 401 g/mol. The van der Waals surface area contributed by atoms with E-state index in [2.05, 4.69) is 10.3 Å². The van der Waals surface area contributed by atoms with Crippen LogP contribution >= 0.6 is 23.2 Å². The Balaban J connectivity index is 1.67. The highest BCUT2D eigenvalue weighted by Crippen LogP contribution is 2.28. The summed E-state index contributed by atoms with van der Waals surface area (Å²) < 4.78 is 5.69. The number of nitrogens with one attached hydrogen (secondary N) is 1. The molecule has 0 bridgehead atoms. The second-order valence-electron chi connectivity index (χ2n) is 5.81. The first-order valence-electron chi connectivity index (χ1n) is 8.16. The van der Waals surface area contributed by atoms with Crippen molar-refractivity contribution in [2.24, 2.45) is 5.73 Å². The van der Waals surface area contributed by atoms with Crippen LogP contribution in [0.3, 0.4) is 0 Å². The third-order valence-corrected chi connectivity index (χ3v) is 4.31. The fourth-order valence-corrected chi connectivity index (χ4v) is 2.69. The standard InChI is InChI=1S/C20H15Cl2N3O3/c21-15-5-6-16(22)17(9-15)28-11-12-2-1-3-13(8-12)20(27)25-18-7-4-14(10-24-18)19(23)26/h1-10H,11H2,(H2,23,26)(H,24,25,27). The maximum atomic E-state index is 12.4. The quantitative estimate of drug-likeness (QED) is 0.626. The molecule has 28 heavy (non-hydrogen) atoms. The lowest BCUT2D eigenvalue weighted by atomic mass is 10.1. The molecule has 0 atom stereocenters. The molecular formula is C20H15Cl2N3O3. The number of nitrogens with zero attached hydrogens (tertiary/aromatic N) is 1. The van der Waals surface area contributed by atoms with Gasteiger partial charge in [0, 0.05) is 22.8 Å². The number of rotatable bonds is 6. The minimum Gasteiger partial charge on any atom is -0.487 e. The highest BCUT2D eigenvalue weighted by molar-refractivity contribution is 6.34. The third kappa shape index (κ3) is 5.00. The molecule has 0 aliphatic carbocycles. The number of hydrogen-bond donors (Lipinski definition) is 2. The average molecular weight is 416 g/mol. The summed E-state index contributed by atoms with van der Waals surface area (Å²) in [5, 5.41) is 3.62. The van der Waals surface area contributed by atoms with Gasteiger partial charge in [0.05, 0.1) is 10.6 Å². The predicted molar refractivity (Wildman–Crippen MR) is 108 cm³/mol. The lowest BCUT2D eigenvalue weighted by Crippen LogP contribution is -2.15. The van der Waals surface area contributed by atoms with Crippen LogP contribution in [-0.4, -0.2) is 16.8 Å². The van der Waals surface area contributed by atoms with Gasteiger partial charge in [-0.2, -0.15) is 0 Å². The first-order chi connectivity index (χ1) is 13.4. The van der Waals surface area contributed by atoms with Gasteiger partial charge in [-0.05, 0) is 42.0 Å². The third-order valence-electron chi connectivity index (χ3n) is 3.77. The van der Waals surface area contributed by atoms with Crippen molar-refractivity contribution in [3.8, 4) is 5.75 Å². The van der Waals surface area contributed by atoms with E-state index in [4.69, 9.17) is 33.7 Å². The van der Waals surface area contributed by atoms with Gasteiger partial charge in [0.25, 0.3) is 5.91 Å². The zero-order chi connectivity index (χ0) is 20.1. The normalized spacial score (nSPS) is 10.4. The maximum Gasteiger partial charge on any atom is 0.256 e. The summed E-state index contributed by atoms with van der Waals surface area (Å²) in [6.07, 6.45) is 1.30. The van der Waals surface area contributed by atoms with Gasteiger partial charge in [0.1, 0.15) is 18.2 Å². The zero-order valence-electron chi connectivity index (χ0n) is 14.5. The summed E-state index contributed by atoms with van der Waals surface area (Å²) in [5.41, 5.74) is 6.64. The van der Waals surface area contributed by atoms with Crippen LogP contribution in [0.5, 0.6) is 5.75 Å². The van der Waals surface area contributed by atoms with Crippen molar-refractivity contribution in [2.45, 2.75) is 6.61 Å². The number of aromatic nitrogens is 1. The van der Waals surface area contributed by atoms with Gasteiger partial charge in [0.15, 0.2) is 0 Å². The van der Waals surface area contributed by atoms with Crippen LogP contribution in [-0.2, 0) is 6.61 Å². The fraction of sp³-hybridized carbons (Fsp3) is 0.0500. The van der Waals surface area contributed by atoms with Crippen LogP contribution in [0.15, 0.2) is 60.8 Å². The van der Waals surface area contributed by atoms with Crippen molar-refractivity contribution in [3.63, 3.8) is 0 Å². The smallest absolute Gasteiger partial charge is 0.256 e. The van der Waals surface area contributed by atoms with Gasteiger partial charge in [-0.25, -0.2) is 4.98 Å². The number of benzene rings is 2. The Morgan fingerprint density at radius 3 is 2.57 bits per heavy atom. The monoisotopic (exact) mass is 415 g/mol. The highest BCUT2D eigenvalue weighted by Gasteiger charge is 2.10. The van der Waals surface area contributed by atoms with Crippen molar-refractivity contribution in [3.05, 3.63) is 87.5 Å². The Morgan fingerprint density at radius 2 is 1.86 bits per heavy atom. The summed E-state index contributed by atoms with van der Waals surface area (Å²) in [4.78, 5) is 27.5. The van der Waals surface area contributed by atoms with Crippen molar-refractivity contribution in [1.29, 1.82) is 0 Å². The van der Waals surface area contributed by atoms with Gasteiger partial charge in [-0.3, -0.25) is 9.59 Å². The molecule has 142 valence electrons. The van der Waals surface area contributed by atoms with E-state index >= 15 is 0 Å². The van der Waals surface area contributed by atoms with Crippen LogP contribution in [0.4, 0.5) is 5.82 Å². The number of carbonyl (C=O) groups excluding carboxylic acids is 2. The maximum absolute atomic E-state index is 12.4. The largest absolute Gasteiger partial charge is 0.487 e. The molecule has 0 unspecified atom stereocenters. The van der Waals surface area contributed by atoms with E-state index in [1.165, 1.54) is 18.3 Å². The summed E-state index contributed by atoms with van der Waals surface area (Å²) in [5.74, 6) is -0.162. The van der Waals surface area contributed by atoms with E-state index in [0.29, 0.717) is 27.2 Å². The molecule has 1 heterocycles. The van der Waals surface area contributed by atoms with Gasteiger partial charge in [-0.15, -0.1) is 0 Å². The molecule has 0 spiro atoms. The van der Waals surface area contributed by atoms with Crippen LogP contribution in [0.2, 0.25) is 10.0 Å². The predicted octanol–water partition coefficient (Wildman–Crippen LogP) is 4.32. The molecule has 0 aliphatic rings. The molecule has 0 saturated carbocycles. The van der Waals surface area contributed by atoms with E-state index in [1.807, 2.05) is 6.07 Å². The molecule has 2 amide bonds. The molecule has 3 rings (SSSR count). The van der Waals surface area contributed by atoms with Crippen molar-refractivity contribution in [1.82, 2.24) is 4.98 Å². The van der Waals surface area contributed by atoms with Crippen molar-refractivity contribution >= 4 is 40.8 Å². The SMILES string of the molecule is NC(=O)c1ccc(NC(=O)c2cccc(COc3cc(Cl)ccc3Cl)c2)nc1. The summed E-state index contributed by atoms with van der Waals surface area (Å²) in [6.45, 7) is 0.215. The molecule has 8 heteroatoms. The van der Waals surface area contributed by atoms with Gasteiger partial charge < -0.3 is 15.8 Å². The van der Waals surface area contributed by atoms with Crippen LogP contribution in [0, 0.1) is 0 Å². The number of amides is 2. The van der Waals surface area contributed by atoms with Crippen molar-refractivity contribution < 1.29 is 14.3 Å². The fourth-order valence-electron chi connectivity index (χ4n) is 2.35. The van der Waals surface area contributed by atoms with E-state index in [1.54, 1.807) is 36.4 Å². The number of nitrogens with two attached hydrogens (primary N) is 1. The minimum atomic E-state index is -0.585. The Bertz CT molecular complexity index is 1020. The van der Waals surface area contributed by atoms with E-state index < -0.39 is 5.91 Å². The molecule has 0 aliphatic heterocycles. The molecule has 6 nitrogen and oxygen atoms in total. The Morgan fingerprint density at radius 1 is 1.04 bits per heavy atom. The number of primary amides is 1. The molecule has 2 aromatic carbocycles. The summed E-state index contributed by atoms with van der Waals surface area (Å²) in [6, 6.07) is 14.9. The van der Waals surface area contributed by atoms with E-state index in [0.717, 1.165) is 5.56 Å². The highest BCUT2D eigenvalue weighted by atomic mass is 35.5. The van der Waals surface area contributed by atoms with Gasteiger partial charge >= 0.3 is 0 Å². The lowest BCUT2D eigenvalue weighted by molar-refractivity contribution is 0.0998. The number of pyridine rings is 1. The summed E-state index contributed by atoms with van der Waals surface area (Å²) >= 11 is 12.0. The van der Waals surface area contributed by atoms with Crippen LogP contribution < -0.4 is 15.8 Å². The van der Waals surface area contributed by atoms with Crippen LogP contribution in [0.25, 0.3) is 0 Å². The summed E-state index contributed by atoms with van der Waals surface area (Å²) in [7, 11) is 0. The zero-order valence-corrected chi connectivity index (χ0v) is 16.0. The molecule has 0 saturated heterocycles. The Hall–Kier alpha value is -3.09. The minimum absolute atomic E-state index is 0.215. The van der Waals surface area contributed by atoms with Crippen LogP contribution in [0.1, 0.15) is 26.3 Å². The average Bonchev–Trinajstić information content (AvgIpc) is 2.69. The second kappa shape index (κ2) is 8.73. The number of ether oxygens (including phenoxy) is 1. The Kier molecular flexibility index (Phi) is 6.13. The van der Waals surface area contributed by atoms with Crippen molar-refractivity contribution in [2.75, 3.05) is 5.32 Å². The molecule has 3 aromatic rings.